The highest BCUT2D eigenvalue weighted by atomic mass is 16.4. The SMILES string of the molecule is C/C(=C\c1ccc(C(=O)O)cc1)c1ccc2c(c1)CC(C)(C)CC(C)(C)C2. The van der Waals surface area contributed by atoms with Gasteiger partial charge in [0.05, 0.1) is 5.56 Å². The van der Waals surface area contributed by atoms with Crippen LogP contribution in [0.5, 0.6) is 0 Å². The second-order valence-corrected chi connectivity index (χ2v) is 9.60. The molecule has 2 nitrogen and oxygen atoms in total. The van der Waals surface area contributed by atoms with Crippen molar-refractivity contribution >= 4 is 17.6 Å². The molecule has 0 spiro atoms. The molecule has 2 heteroatoms. The Kier molecular flexibility index (Phi) is 5.03. The summed E-state index contributed by atoms with van der Waals surface area (Å²) in [6.07, 6.45) is 5.60. The molecule has 1 N–H and O–H groups in total. The van der Waals surface area contributed by atoms with Gasteiger partial charge in [-0.1, -0.05) is 64.1 Å². The van der Waals surface area contributed by atoms with Crippen molar-refractivity contribution in [3.8, 4) is 0 Å². The molecule has 0 saturated carbocycles. The predicted octanol–water partition coefficient (Wildman–Crippen LogP) is 6.49. The van der Waals surface area contributed by atoms with Crippen molar-refractivity contribution in [3.05, 3.63) is 70.3 Å². The highest BCUT2D eigenvalue weighted by molar-refractivity contribution is 5.88. The fraction of sp³-hybridized carbons (Fsp3) is 0.400. The van der Waals surface area contributed by atoms with Gasteiger partial charge in [-0.05, 0) is 77.0 Å². The number of hydrogen-bond donors (Lipinski definition) is 1. The van der Waals surface area contributed by atoms with Crippen LogP contribution in [0.3, 0.4) is 0 Å². The molecule has 0 amide bonds. The zero-order valence-corrected chi connectivity index (χ0v) is 17.1. The first-order valence-electron chi connectivity index (χ1n) is 9.69. The molecule has 0 unspecified atom stereocenters. The lowest BCUT2D eigenvalue weighted by molar-refractivity contribution is 0.0697. The quantitative estimate of drug-likeness (QED) is 0.501. The van der Waals surface area contributed by atoms with Gasteiger partial charge in [-0.15, -0.1) is 0 Å². The molecular formula is C25H30O2. The van der Waals surface area contributed by atoms with E-state index in [1.807, 2.05) is 12.1 Å². The molecule has 0 bridgehead atoms. The average molecular weight is 363 g/mol. The van der Waals surface area contributed by atoms with Crippen molar-refractivity contribution in [1.29, 1.82) is 0 Å². The first kappa shape index (κ1) is 19.4. The summed E-state index contributed by atoms with van der Waals surface area (Å²) >= 11 is 0. The van der Waals surface area contributed by atoms with E-state index in [-0.39, 0.29) is 0 Å². The molecule has 0 fully saturated rings. The normalized spacial score (nSPS) is 18.5. The van der Waals surface area contributed by atoms with Gasteiger partial charge in [0.15, 0.2) is 0 Å². The summed E-state index contributed by atoms with van der Waals surface area (Å²) in [7, 11) is 0. The lowest BCUT2D eigenvalue weighted by Gasteiger charge is -2.31. The van der Waals surface area contributed by atoms with Crippen LogP contribution in [0.1, 0.15) is 73.7 Å². The molecule has 2 aromatic rings. The maximum atomic E-state index is 11.0. The van der Waals surface area contributed by atoms with Crippen molar-refractivity contribution in [3.63, 3.8) is 0 Å². The van der Waals surface area contributed by atoms with Crippen LogP contribution in [-0.4, -0.2) is 11.1 Å². The molecule has 0 radical (unpaired) electrons. The summed E-state index contributed by atoms with van der Waals surface area (Å²) in [6.45, 7) is 11.6. The zero-order chi connectivity index (χ0) is 19.8. The van der Waals surface area contributed by atoms with Gasteiger partial charge in [0, 0.05) is 0 Å². The molecule has 1 aliphatic carbocycles. The molecule has 0 aromatic heterocycles. The Hall–Kier alpha value is -2.35. The number of fused-ring (bicyclic) bond motifs is 1. The largest absolute Gasteiger partial charge is 0.478 e. The number of hydrogen-bond acceptors (Lipinski definition) is 1. The lowest BCUT2D eigenvalue weighted by atomic mass is 9.73. The van der Waals surface area contributed by atoms with Gasteiger partial charge in [-0.2, -0.15) is 0 Å². The van der Waals surface area contributed by atoms with Crippen molar-refractivity contribution in [2.24, 2.45) is 10.8 Å². The monoisotopic (exact) mass is 362 g/mol. The molecule has 0 heterocycles. The number of allylic oxidation sites excluding steroid dienone is 1. The number of rotatable bonds is 3. The van der Waals surface area contributed by atoms with E-state index in [0.29, 0.717) is 16.4 Å². The van der Waals surface area contributed by atoms with E-state index in [1.165, 1.54) is 28.7 Å². The third kappa shape index (κ3) is 4.68. The second kappa shape index (κ2) is 6.99. The van der Waals surface area contributed by atoms with E-state index in [9.17, 15) is 4.79 Å². The number of aromatic carboxylic acids is 1. The van der Waals surface area contributed by atoms with Crippen LogP contribution in [0, 0.1) is 10.8 Å². The van der Waals surface area contributed by atoms with Gasteiger partial charge in [-0.25, -0.2) is 4.79 Å². The number of carboxylic acids is 1. The van der Waals surface area contributed by atoms with E-state index in [4.69, 9.17) is 5.11 Å². The Morgan fingerprint density at radius 2 is 1.44 bits per heavy atom. The summed E-state index contributed by atoms with van der Waals surface area (Å²) in [4.78, 5) is 11.0. The standard InChI is InChI=1S/C25H30O2/c1-17(12-18-6-8-19(9-7-18)23(26)27)20-10-11-21-14-24(2,3)16-25(4,5)15-22(21)13-20/h6-13H,14-16H2,1-5H3,(H,26,27)/b17-12+. The molecule has 0 saturated heterocycles. The highest BCUT2D eigenvalue weighted by Crippen LogP contribution is 2.43. The van der Waals surface area contributed by atoms with Gasteiger partial charge >= 0.3 is 5.97 Å². The van der Waals surface area contributed by atoms with Crippen molar-refractivity contribution < 1.29 is 9.90 Å². The lowest BCUT2D eigenvalue weighted by Crippen LogP contribution is -2.23. The Labute approximate surface area is 162 Å². The van der Waals surface area contributed by atoms with E-state index in [0.717, 1.165) is 18.4 Å². The molecule has 27 heavy (non-hydrogen) atoms. The number of carboxylic acid groups (broad SMARTS) is 1. The summed E-state index contributed by atoms with van der Waals surface area (Å²) in [5, 5.41) is 9.03. The van der Waals surface area contributed by atoms with Crippen LogP contribution >= 0.6 is 0 Å². The van der Waals surface area contributed by atoms with Crippen molar-refractivity contribution in [1.82, 2.24) is 0 Å². The molecule has 3 rings (SSSR count). The minimum atomic E-state index is -0.890. The summed E-state index contributed by atoms with van der Waals surface area (Å²) < 4.78 is 0. The summed E-state index contributed by atoms with van der Waals surface area (Å²) in [5.74, 6) is -0.890. The van der Waals surface area contributed by atoms with Crippen LogP contribution in [0.15, 0.2) is 42.5 Å². The Morgan fingerprint density at radius 3 is 2.04 bits per heavy atom. The molecular weight excluding hydrogens is 332 g/mol. The maximum absolute atomic E-state index is 11.0. The molecule has 2 aromatic carbocycles. The third-order valence-corrected chi connectivity index (χ3v) is 5.50. The van der Waals surface area contributed by atoms with Crippen molar-refractivity contribution in [2.75, 3.05) is 0 Å². The van der Waals surface area contributed by atoms with E-state index in [2.05, 4.69) is 58.9 Å². The molecule has 0 atom stereocenters. The molecule has 0 aliphatic heterocycles. The average Bonchev–Trinajstić information content (AvgIpc) is 2.64. The minimum absolute atomic E-state index is 0.303. The predicted molar refractivity (Wildman–Crippen MR) is 113 cm³/mol. The zero-order valence-electron chi connectivity index (χ0n) is 17.1. The number of carbonyl (C=O) groups is 1. The summed E-state index contributed by atoms with van der Waals surface area (Å²) in [5.41, 5.74) is 7.36. The van der Waals surface area contributed by atoms with Gasteiger partial charge in [0.1, 0.15) is 0 Å². The topological polar surface area (TPSA) is 37.3 Å². The fourth-order valence-electron chi connectivity index (χ4n) is 4.72. The van der Waals surface area contributed by atoms with Gasteiger partial charge in [0.25, 0.3) is 0 Å². The van der Waals surface area contributed by atoms with Crippen molar-refractivity contribution in [2.45, 2.75) is 53.9 Å². The summed E-state index contributed by atoms with van der Waals surface area (Å²) in [6, 6.07) is 13.9. The van der Waals surface area contributed by atoms with Gasteiger partial charge < -0.3 is 5.11 Å². The molecule has 1 aliphatic rings. The third-order valence-electron chi connectivity index (χ3n) is 5.50. The Balaban J connectivity index is 1.92. The van der Waals surface area contributed by atoms with E-state index in [1.54, 1.807) is 12.1 Å². The molecule has 142 valence electrons. The van der Waals surface area contributed by atoms with Crippen LogP contribution in [-0.2, 0) is 12.8 Å². The first-order valence-corrected chi connectivity index (χ1v) is 9.69. The van der Waals surface area contributed by atoms with Gasteiger partial charge in [0.2, 0.25) is 0 Å². The minimum Gasteiger partial charge on any atom is -0.478 e. The second-order valence-electron chi connectivity index (χ2n) is 9.60. The van der Waals surface area contributed by atoms with Crippen LogP contribution in [0.25, 0.3) is 11.6 Å². The van der Waals surface area contributed by atoms with E-state index >= 15 is 0 Å². The van der Waals surface area contributed by atoms with Crippen LogP contribution < -0.4 is 0 Å². The van der Waals surface area contributed by atoms with Crippen LogP contribution in [0.2, 0.25) is 0 Å². The maximum Gasteiger partial charge on any atom is 0.335 e. The van der Waals surface area contributed by atoms with E-state index < -0.39 is 5.97 Å². The fourth-order valence-corrected chi connectivity index (χ4v) is 4.72. The van der Waals surface area contributed by atoms with Crippen LogP contribution in [0.4, 0.5) is 0 Å². The first-order chi connectivity index (χ1) is 12.5. The highest BCUT2D eigenvalue weighted by Gasteiger charge is 2.33. The van der Waals surface area contributed by atoms with Gasteiger partial charge in [-0.3, -0.25) is 0 Å². The smallest absolute Gasteiger partial charge is 0.335 e. The number of benzene rings is 2. The Morgan fingerprint density at radius 1 is 0.889 bits per heavy atom. The Bertz CT molecular complexity index is 883.